The molecular formula is C24H25N5O3S. The molecule has 0 aliphatic heterocycles. The van der Waals surface area contributed by atoms with Gasteiger partial charge in [0.25, 0.3) is 5.89 Å². The van der Waals surface area contributed by atoms with Crippen molar-refractivity contribution in [2.75, 3.05) is 6.54 Å². The van der Waals surface area contributed by atoms with Crippen molar-refractivity contribution >= 4 is 9.84 Å². The first-order chi connectivity index (χ1) is 15.8. The fourth-order valence-corrected chi connectivity index (χ4v) is 4.35. The van der Waals surface area contributed by atoms with Crippen molar-refractivity contribution < 1.29 is 12.8 Å². The van der Waals surface area contributed by atoms with E-state index in [0.717, 1.165) is 23.1 Å². The molecule has 0 fully saturated rings. The summed E-state index contributed by atoms with van der Waals surface area (Å²) in [6.07, 6.45) is 2.44. The fourth-order valence-electron chi connectivity index (χ4n) is 3.29. The molecule has 2 N–H and O–H groups in total. The number of sulfone groups is 1. The van der Waals surface area contributed by atoms with E-state index >= 15 is 0 Å². The molecule has 4 rings (SSSR count). The van der Waals surface area contributed by atoms with Gasteiger partial charge in [-0.3, -0.25) is 4.98 Å². The molecule has 0 aliphatic rings. The maximum atomic E-state index is 12.4. The van der Waals surface area contributed by atoms with Gasteiger partial charge < -0.3 is 10.2 Å². The molecule has 0 saturated carbocycles. The molecule has 33 heavy (non-hydrogen) atoms. The third-order valence-electron chi connectivity index (χ3n) is 5.32. The summed E-state index contributed by atoms with van der Waals surface area (Å²) in [5, 5.41) is 7.84. The van der Waals surface area contributed by atoms with Gasteiger partial charge in [-0.15, -0.1) is 10.2 Å². The number of rotatable bonds is 7. The van der Waals surface area contributed by atoms with Crippen LogP contribution in [0.1, 0.15) is 25.1 Å². The summed E-state index contributed by atoms with van der Waals surface area (Å²) in [5.74, 6) is 0.654. The Balaban J connectivity index is 1.63. The first kappa shape index (κ1) is 22.8. The van der Waals surface area contributed by atoms with Gasteiger partial charge in [-0.1, -0.05) is 24.3 Å². The summed E-state index contributed by atoms with van der Waals surface area (Å²) in [6.45, 7) is 5.73. The van der Waals surface area contributed by atoms with Crippen molar-refractivity contribution in [2.24, 2.45) is 5.73 Å². The second-order valence-corrected chi connectivity index (χ2v) is 10.5. The standard InChI is InChI=1S/C24H25N5O3S/c1-15(2)33(30,31)20-10-8-18(9-11-20)21-14-26-16(3)22(27-21)24-29-28-23(32-24)19-6-4-17(5-7-19)12-13-25/h4-11,14-15H,12-13,25H2,1-3H3. The maximum Gasteiger partial charge on any atom is 0.268 e. The van der Waals surface area contributed by atoms with Crippen molar-refractivity contribution in [1.29, 1.82) is 0 Å². The lowest BCUT2D eigenvalue weighted by atomic mass is 10.1. The summed E-state index contributed by atoms with van der Waals surface area (Å²) >= 11 is 0. The average molecular weight is 464 g/mol. The Bertz CT molecular complexity index is 1360. The number of hydrogen-bond acceptors (Lipinski definition) is 8. The van der Waals surface area contributed by atoms with Gasteiger partial charge in [0.15, 0.2) is 9.84 Å². The minimum atomic E-state index is -3.34. The molecular weight excluding hydrogens is 438 g/mol. The second-order valence-electron chi connectivity index (χ2n) is 7.96. The average Bonchev–Trinajstić information content (AvgIpc) is 3.30. The first-order valence-electron chi connectivity index (χ1n) is 10.6. The van der Waals surface area contributed by atoms with Crippen LogP contribution in [0.4, 0.5) is 0 Å². The van der Waals surface area contributed by atoms with E-state index < -0.39 is 15.1 Å². The lowest BCUT2D eigenvalue weighted by Gasteiger charge is -2.09. The van der Waals surface area contributed by atoms with Crippen LogP contribution in [0, 0.1) is 6.92 Å². The van der Waals surface area contributed by atoms with Crippen LogP contribution in [0.3, 0.4) is 0 Å². The fraction of sp³-hybridized carbons (Fsp3) is 0.250. The predicted molar refractivity (Wildman–Crippen MR) is 126 cm³/mol. The van der Waals surface area contributed by atoms with Crippen LogP contribution in [-0.2, 0) is 16.3 Å². The van der Waals surface area contributed by atoms with E-state index in [9.17, 15) is 8.42 Å². The Hall–Kier alpha value is -3.43. The Morgan fingerprint density at radius 3 is 2.21 bits per heavy atom. The molecule has 2 aromatic carbocycles. The van der Waals surface area contributed by atoms with Crippen molar-refractivity contribution in [3.05, 3.63) is 66.0 Å². The monoisotopic (exact) mass is 463 g/mol. The molecule has 0 spiro atoms. The normalized spacial score (nSPS) is 11.8. The quantitative estimate of drug-likeness (QED) is 0.438. The zero-order valence-electron chi connectivity index (χ0n) is 18.7. The smallest absolute Gasteiger partial charge is 0.268 e. The van der Waals surface area contributed by atoms with Crippen molar-refractivity contribution in [1.82, 2.24) is 20.2 Å². The highest BCUT2D eigenvalue weighted by molar-refractivity contribution is 7.92. The molecule has 9 heteroatoms. The van der Waals surface area contributed by atoms with E-state index in [4.69, 9.17) is 10.2 Å². The van der Waals surface area contributed by atoms with Gasteiger partial charge in [-0.05, 0) is 63.6 Å². The number of benzene rings is 2. The second kappa shape index (κ2) is 9.21. The van der Waals surface area contributed by atoms with Crippen LogP contribution < -0.4 is 5.73 Å². The number of nitrogens with two attached hydrogens (primary N) is 1. The number of aryl methyl sites for hydroxylation is 1. The number of hydrogen-bond donors (Lipinski definition) is 1. The van der Waals surface area contributed by atoms with Gasteiger partial charge >= 0.3 is 0 Å². The molecule has 0 aliphatic carbocycles. The van der Waals surface area contributed by atoms with E-state index in [0.29, 0.717) is 29.5 Å². The molecule has 0 unspecified atom stereocenters. The molecule has 0 atom stereocenters. The minimum Gasteiger partial charge on any atom is -0.415 e. The van der Waals surface area contributed by atoms with Crippen LogP contribution in [0.2, 0.25) is 0 Å². The summed E-state index contributed by atoms with van der Waals surface area (Å²) in [4.78, 5) is 9.37. The van der Waals surface area contributed by atoms with Gasteiger partial charge in [0.2, 0.25) is 5.89 Å². The van der Waals surface area contributed by atoms with Crippen LogP contribution in [0.5, 0.6) is 0 Å². The summed E-state index contributed by atoms with van der Waals surface area (Å²) in [5.41, 5.74) is 9.99. The Kier molecular flexibility index (Phi) is 6.35. The van der Waals surface area contributed by atoms with Gasteiger partial charge in [-0.25, -0.2) is 13.4 Å². The lowest BCUT2D eigenvalue weighted by molar-refractivity contribution is 0.581. The van der Waals surface area contributed by atoms with Crippen LogP contribution in [0.25, 0.3) is 34.3 Å². The Labute approximate surface area is 192 Å². The molecule has 2 aromatic heterocycles. The Morgan fingerprint density at radius 2 is 1.58 bits per heavy atom. The highest BCUT2D eigenvalue weighted by Crippen LogP contribution is 2.27. The predicted octanol–water partition coefficient (Wildman–Crippen LogP) is 3.85. The van der Waals surface area contributed by atoms with Gasteiger partial charge in [0.1, 0.15) is 5.69 Å². The highest BCUT2D eigenvalue weighted by atomic mass is 32.2. The molecule has 4 aromatic rings. The van der Waals surface area contributed by atoms with Gasteiger partial charge in [0.05, 0.1) is 27.7 Å². The summed E-state index contributed by atoms with van der Waals surface area (Å²) in [6, 6.07) is 14.4. The first-order valence-corrected chi connectivity index (χ1v) is 12.2. The van der Waals surface area contributed by atoms with Crippen molar-refractivity contribution in [3.8, 4) is 34.3 Å². The molecule has 0 radical (unpaired) electrons. The maximum absolute atomic E-state index is 12.4. The Morgan fingerprint density at radius 1 is 0.939 bits per heavy atom. The largest absolute Gasteiger partial charge is 0.415 e. The summed E-state index contributed by atoms with van der Waals surface area (Å²) < 4.78 is 30.6. The molecule has 0 saturated heterocycles. The zero-order valence-corrected chi connectivity index (χ0v) is 19.5. The van der Waals surface area contributed by atoms with Crippen molar-refractivity contribution in [2.45, 2.75) is 37.3 Å². The van der Waals surface area contributed by atoms with E-state index in [-0.39, 0.29) is 10.8 Å². The lowest BCUT2D eigenvalue weighted by Crippen LogP contribution is -2.13. The third-order valence-corrected chi connectivity index (χ3v) is 7.49. The minimum absolute atomic E-state index is 0.266. The topological polar surface area (TPSA) is 125 Å². The van der Waals surface area contributed by atoms with Crippen LogP contribution >= 0.6 is 0 Å². The summed E-state index contributed by atoms with van der Waals surface area (Å²) in [7, 11) is -3.34. The molecule has 8 nitrogen and oxygen atoms in total. The van der Waals surface area contributed by atoms with Gasteiger partial charge in [-0.2, -0.15) is 0 Å². The molecule has 2 heterocycles. The van der Waals surface area contributed by atoms with E-state index in [1.165, 1.54) is 0 Å². The molecule has 170 valence electrons. The van der Waals surface area contributed by atoms with Crippen LogP contribution in [-0.4, -0.2) is 40.4 Å². The van der Waals surface area contributed by atoms with E-state index in [1.54, 1.807) is 44.3 Å². The van der Waals surface area contributed by atoms with Crippen LogP contribution in [0.15, 0.2) is 64.0 Å². The number of aromatic nitrogens is 4. The van der Waals surface area contributed by atoms with E-state index in [2.05, 4.69) is 20.2 Å². The molecule has 0 amide bonds. The van der Waals surface area contributed by atoms with Crippen molar-refractivity contribution in [3.63, 3.8) is 0 Å². The SMILES string of the molecule is Cc1ncc(-c2ccc(S(=O)(=O)C(C)C)cc2)nc1-c1nnc(-c2ccc(CCN)cc2)o1. The van der Waals surface area contributed by atoms with E-state index in [1.807, 2.05) is 31.2 Å². The molecule has 0 bridgehead atoms. The third kappa shape index (κ3) is 4.69. The zero-order chi connectivity index (χ0) is 23.6. The highest BCUT2D eigenvalue weighted by Gasteiger charge is 2.20. The number of nitrogens with zero attached hydrogens (tertiary/aromatic N) is 4. The van der Waals surface area contributed by atoms with Gasteiger partial charge in [0, 0.05) is 11.1 Å².